The Labute approximate surface area is 216 Å². The Kier molecular flexibility index (Phi) is 6.44. The van der Waals surface area contributed by atoms with E-state index < -0.39 is 17.8 Å². The summed E-state index contributed by atoms with van der Waals surface area (Å²) in [6, 6.07) is 11.6. The third-order valence-electron chi connectivity index (χ3n) is 5.59. The first-order valence-corrected chi connectivity index (χ1v) is 11.6. The molecule has 0 bridgehead atoms. The van der Waals surface area contributed by atoms with Crippen LogP contribution in [0.1, 0.15) is 35.9 Å². The van der Waals surface area contributed by atoms with E-state index in [1.807, 2.05) is 42.8 Å². The van der Waals surface area contributed by atoms with E-state index in [1.54, 1.807) is 16.9 Å². The van der Waals surface area contributed by atoms with Crippen LogP contribution in [0.3, 0.4) is 0 Å². The third kappa shape index (κ3) is 5.14. The van der Waals surface area contributed by atoms with Crippen molar-refractivity contribution < 1.29 is 18.7 Å². The molecule has 5 aromatic rings. The Hall–Kier alpha value is -5.26. The zero-order valence-corrected chi connectivity index (χ0v) is 20.4. The van der Waals surface area contributed by atoms with E-state index in [0.29, 0.717) is 11.5 Å². The number of fused-ring (bicyclic) bond motifs is 1. The predicted molar refractivity (Wildman–Crippen MR) is 138 cm³/mol. The summed E-state index contributed by atoms with van der Waals surface area (Å²) in [5.74, 6) is -0.491. The third-order valence-corrected chi connectivity index (χ3v) is 5.59. The first-order chi connectivity index (χ1) is 18.3. The number of carbonyl (C=O) groups is 2. The molecular formula is C26H23FN8O3. The molecule has 0 saturated carbocycles. The van der Waals surface area contributed by atoms with E-state index in [-0.39, 0.29) is 28.8 Å². The Bertz CT molecular complexity index is 1660. The number of nitrogens with one attached hydrogen (secondary N) is 2. The quantitative estimate of drug-likeness (QED) is 0.287. The van der Waals surface area contributed by atoms with E-state index in [4.69, 9.17) is 10.5 Å². The number of carbonyl (C=O) groups excluding carboxylic acids is 2. The van der Waals surface area contributed by atoms with E-state index >= 15 is 0 Å². The molecule has 4 aromatic heterocycles. The van der Waals surface area contributed by atoms with Crippen molar-refractivity contribution >= 4 is 29.1 Å². The van der Waals surface area contributed by atoms with Gasteiger partial charge in [-0.25, -0.2) is 18.9 Å². The average Bonchev–Trinajstić information content (AvgIpc) is 3.52. The maximum absolute atomic E-state index is 14.8. The fourth-order valence-corrected chi connectivity index (χ4v) is 3.68. The van der Waals surface area contributed by atoms with E-state index in [1.165, 1.54) is 30.5 Å². The van der Waals surface area contributed by atoms with E-state index in [0.717, 1.165) is 17.4 Å². The number of nitrogens with zero attached hydrogens (tertiary/aromatic N) is 5. The van der Waals surface area contributed by atoms with Gasteiger partial charge in [-0.2, -0.15) is 5.10 Å². The second-order valence-corrected chi connectivity index (χ2v) is 8.66. The van der Waals surface area contributed by atoms with Gasteiger partial charge in [0.05, 0.1) is 17.1 Å². The zero-order valence-electron chi connectivity index (χ0n) is 20.4. The topological polar surface area (TPSA) is 141 Å². The molecule has 1 aromatic carbocycles. The molecule has 0 aliphatic rings. The summed E-state index contributed by atoms with van der Waals surface area (Å²) in [4.78, 5) is 32.2. The van der Waals surface area contributed by atoms with E-state index in [2.05, 4.69) is 25.7 Å². The number of rotatable bonds is 7. The van der Waals surface area contributed by atoms with Crippen LogP contribution in [0.2, 0.25) is 0 Å². The van der Waals surface area contributed by atoms with Gasteiger partial charge >= 0.3 is 6.03 Å². The molecule has 12 heteroatoms. The highest BCUT2D eigenvalue weighted by Crippen LogP contribution is 2.27. The molecule has 0 unspecified atom stereocenters. The minimum absolute atomic E-state index is 0.0164. The lowest BCUT2D eigenvalue weighted by Gasteiger charge is -2.12. The number of benzene rings is 1. The Morgan fingerprint density at radius 3 is 2.58 bits per heavy atom. The lowest BCUT2D eigenvalue weighted by Crippen LogP contribution is -2.22. The van der Waals surface area contributed by atoms with Crippen LogP contribution in [0, 0.1) is 5.82 Å². The maximum Gasteiger partial charge on any atom is 0.324 e. The highest BCUT2D eigenvalue weighted by atomic mass is 19.1. The summed E-state index contributed by atoms with van der Waals surface area (Å²) in [7, 11) is 0. The molecule has 0 fully saturated rings. The van der Waals surface area contributed by atoms with Gasteiger partial charge in [0.15, 0.2) is 0 Å². The first kappa shape index (κ1) is 24.4. The smallest absolute Gasteiger partial charge is 0.324 e. The molecule has 11 nitrogen and oxygen atoms in total. The molecule has 4 heterocycles. The number of halogens is 1. The van der Waals surface area contributed by atoms with Gasteiger partial charge in [-0.1, -0.05) is 13.8 Å². The van der Waals surface area contributed by atoms with Gasteiger partial charge in [-0.15, -0.1) is 0 Å². The fourth-order valence-electron chi connectivity index (χ4n) is 3.68. The number of urea groups is 1. The van der Waals surface area contributed by atoms with Crippen molar-refractivity contribution in [1.82, 2.24) is 24.1 Å². The second-order valence-electron chi connectivity index (χ2n) is 8.66. The number of pyridine rings is 2. The van der Waals surface area contributed by atoms with Crippen molar-refractivity contribution in [3.05, 3.63) is 90.5 Å². The number of primary amides is 1. The molecule has 0 radical (unpaired) electrons. The van der Waals surface area contributed by atoms with Crippen LogP contribution in [0.4, 0.5) is 20.7 Å². The summed E-state index contributed by atoms with van der Waals surface area (Å²) in [5, 5.41) is 9.89. The van der Waals surface area contributed by atoms with Crippen molar-refractivity contribution in [3.63, 3.8) is 0 Å². The summed E-state index contributed by atoms with van der Waals surface area (Å²) in [5.41, 5.74) is 7.44. The monoisotopic (exact) mass is 514 g/mol. The van der Waals surface area contributed by atoms with Gasteiger partial charge in [0.2, 0.25) is 0 Å². The molecule has 0 aliphatic heterocycles. The fraction of sp³-hybridized carbons (Fsp3) is 0.115. The number of anilines is 2. The minimum Gasteiger partial charge on any atom is -0.457 e. The molecule has 3 amide bonds. The number of aromatic nitrogens is 5. The standard InChI is InChI=1S/C26H23FN8O3/c1-15(2)21-13-24(35(33-21)16-3-6-23-30-9-10-34(23)14-16)32-26(37)31-20-5-4-17(11-19(20)27)38-18-7-8-29-22(12-18)25(28)36/h3-15H,1-2H3,(H2,28,36)(H2,31,32,37). The minimum atomic E-state index is -0.719. The van der Waals surface area contributed by atoms with Crippen LogP contribution in [0.5, 0.6) is 11.5 Å². The molecule has 0 atom stereocenters. The molecule has 0 saturated heterocycles. The molecule has 5 rings (SSSR count). The Morgan fingerprint density at radius 1 is 1.00 bits per heavy atom. The summed E-state index contributed by atoms with van der Waals surface area (Å²) in [6.45, 7) is 3.99. The summed E-state index contributed by atoms with van der Waals surface area (Å²) >= 11 is 0. The number of hydrogen-bond acceptors (Lipinski definition) is 6. The highest BCUT2D eigenvalue weighted by Gasteiger charge is 2.16. The van der Waals surface area contributed by atoms with Gasteiger partial charge in [0.1, 0.15) is 34.5 Å². The zero-order chi connectivity index (χ0) is 26.8. The molecule has 38 heavy (non-hydrogen) atoms. The SMILES string of the molecule is CC(C)c1cc(NC(=O)Nc2ccc(Oc3ccnc(C(N)=O)c3)cc2F)n(-c2ccc3nccn3c2)n1. The molecule has 192 valence electrons. The molecule has 4 N–H and O–H groups in total. The normalized spacial score (nSPS) is 11.1. The molecule has 0 aliphatic carbocycles. The Morgan fingerprint density at radius 2 is 1.82 bits per heavy atom. The van der Waals surface area contributed by atoms with Crippen LogP contribution in [0.25, 0.3) is 11.3 Å². The number of ether oxygens (including phenoxy) is 1. The summed E-state index contributed by atoms with van der Waals surface area (Å²) < 4.78 is 23.8. The van der Waals surface area contributed by atoms with Gasteiger partial charge in [0, 0.05) is 43.0 Å². The first-order valence-electron chi connectivity index (χ1n) is 11.6. The van der Waals surface area contributed by atoms with Crippen molar-refractivity contribution in [2.75, 3.05) is 10.6 Å². The number of amides is 3. The van der Waals surface area contributed by atoms with Crippen LogP contribution in [-0.2, 0) is 0 Å². The highest BCUT2D eigenvalue weighted by molar-refractivity contribution is 5.99. The lowest BCUT2D eigenvalue weighted by atomic mass is 10.1. The van der Waals surface area contributed by atoms with Crippen LogP contribution in [0.15, 0.2) is 73.3 Å². The molecular weight excluding hydrogens is 491 g/mol. The van der Waals surface area contributed by atoms with Gasteiger partial charge in [-0.05, 0) is 36.2 Å². The predicted octanol–water partition coefficient (Wildman–Crippen LogP) is 4.71. The lowest BCUT2D eigenvalue weighted by molar-refractivity contribution is 0.0995. The van der Waals surface area contributed by atoms with Gasteiger partial charge < -0.3 is 20.2 Å². The summed E-state index contributed by atoms with van der Waals surface area (Å²) in [6.07, 6.45) is 6.70. The average molecular weight is 515 g/mol. The van der Waals surface area contributed by atoms with Gasteiger partial charge in [0.25, 0.3) is 5.91 Å². The molecule has 0 spiro atoms. The number of imidazole rings is 1. The van der Waals surface area contributed by atoms with Crippen molar-refractivity contribution in [3.8, 4) is 17.2 Å². The van der Waals surface area contributed by atoms with Crippen molar-refractivity contribution in [1.29, 1.82) is 0 Å². The number of hydrogen-bond donors (Lipinski definition) is 3. The van der Waals surface area contributed by atoms with E-state index in [9.17, 15) is 14.0 Å². The Balaban J connectivity index is 1.33. The van der Waals surface area contributed by atoms with Gasteiger partial charge in [-0.3, -0.25) is 15.1 Å². The second kappa shape index (κ2) is 10.0. The largest absolute Gasteiger partial charge is 0.457 e. The van der Waals surface area contributed by atoms with Crippen LogP contribution >= 0.6 is 0 Å². The van der Waals surface area contributed by atoms with Crippen molar-refractivity contribution in [2.45, 2.75) is 19.8 Å². The van der Waals surface area contributed by atoms with Crippen LogP contribution < -0.4 is 21.1 Å². The van der Waals surface area contributed by atoms with Crippen LogP contribution in [-0.4, -0.2) is 36.1 Å². The van der Waals surface area contributed by atoms with Crippen molar-refractivity contribution in [2.24, 2.45) is 5.73 Å². The maximum atomic E-state index is 14.8. The number of nitrogens with two attached hydrogens (primary N) is 1.